The maximum atomic E-state index is 16.4. The Hall–Kier alpha value is -5.63. The minimum Gasteiger partial charge on any atom is -0.309 e. The number of rotatable bonds is 10. The van der Waals surface area contributed by atoms with Crippen LogP contribution in [0.1, 0.15) is 47.0 Å². The predicted molar refractivity (Wildman–Crippen MR) is 204 cm³/mol. The lowest BCUT2D eigenvalue weighted by molar-refractivity contribution is -0.399. The zero-order valence-corrected chi connectivity index (χ0v) is 33.5. The number of halogens is 13. The number of anilines is 3. The summed E-state index contributed by atoms with van der Waals surface area (Å²) in [6.45, 7) is 0. The molecule has 7 nitrogen and oxygen atoms in total. The Kier molecular flexibility index (Phi) is 12.7. The van der Waals surface area contributed by atoms with Crippen LogP contribution in [0.3, 0.4) is 0 Å². The molecule has 0 aromatic heterocycles. The van der Waals surface area contributed by atoms with Crippen molar-refractivity contribution in [3.05, 3.63) is 158 Å². The standard InChI is InChI=1S/C40H24Br2F11N3O4/c1-54(33(57)21-11-5-3-6-12-21)28-17-9-15-24(30(28)43)35(59)56(36(60)25-16-10-18-29(31(25)44)55(2)34(58)22-13-7-4-8-14-22)32-26(41)19-23(20-27(32)42)37(45,46)38(47,48)39(49,50)40(51,52)53/h3-20H,1-2H3. The first-order valence-corrected chi connectivity index (χ1v) is 18.3. The van der Waals surface area contributed by atoms with Gasteiger partial charge in [0, 0.05) is 39.7 Å². The van der Waals surface area contributed by atoms with Crippen LogP contribution < -0.4 is 14.7 Å². The van der Waals surface area contributed by atoms with Crippen molar-refractivity contribution in [1.29, 1.82) is 0 Å². The van der Waals surface area contributed by atoms with Crippen LogP contribution >= 0.6 is 31.9 Å². The van der Waals surface area contributed by atoms with E-state index in [0.717, 1.165) is 60.3 Å². The molecule has 0 aliphatic carbocycles. The molecule has 0 atom stereocenters. The average molecular weight is 979 g/mol. The van der Waals surface area contributed by atoms with E-state index in [-0.39, 0.29) is 28.2 Å². The van der Waals surface area contributed by atoms with Crippen molar-refractivity contribution in [2.24, 2.45) is 0 Å². The first-order chi connectivity index (χ1) is 27.9. The fraction of sp³-hybridized carbons (Fsp3) is 0.150. The third-order valence-electron chi connectivity index (χ3n) is 8.94. The molecular formula is C40H24Br2F11N3O4. The van der Waals surface area contributed by atoms with Gasteiger partial charge in [-0.15, -0.1) is 0 Å². The van der Waals surface area contributed by atoms with E-state index >= 15 is 17.6 Å². The number of benzene rings is 5. The second-order valence-electron chi connectivity index (χ2n) is 12.7. The monoisotopic (exact) mass is 977 g/mol. The molecule has 0 N–H and O–H groups in total. The van der Waals surface area contributed by atoms with E-state index in [4.69, 9.17) is 0 Å². The first-order valence-electron chi connectivity index (χ1n) is 16.7. The van der Waals surface area contributed by atoms with Gasteiger partial charge in [-0.05, 0) is 92.5 Å². The SMILES string of the molecule is CN(C(=O)c1ccccc1)c1cccc(C(=O)N(C(=O)c2cccc(N(C)C(=O)c3ccccc3)c2F)c2c(Br)cc(C(F)(F)C(F)(F)C(F)(F)C(F)(F)F)cc2Br)c1F. The number of carbonyl (C=O) groups is 4. The van der Waals surface area contributed by atoms with Crippen LogP contribution in [-0.4, -0.2) is 55.7 Å². The van der Waals surface area contributed by atoms with Crippen LogP contribution in [0, 0.1) is 11.6 Å². The van der Waals surface area contributed by atoms with Gasteiger partial charge in [0.15, 0.2) is 11.6 Å². The maximum absolute atomic E-state index is 16.4. The third-order valence-corrected chi connectivity index (χ3v) is 10.2. The van der Waals surface area contributed by atoms with Gasteiger partial charge in [0.05, 0.1) is 28.2 Å². The van der Waals surface area contributed by atoms with E-state index in [1.807, 2.05) is 0 Å². The van der Waals surface area contributed by atoms with Gasteiger partial charge in [-0.3, -0.25) is 19.2 Å². The minimum absolute atomic E-state index is 0.0407. The van der Waals surface area contributed by atoms with Gasteiger partial charge < -0.3 is 9.80 Å². The number of carbonyl (C=O) groups excluding carboxylic acids is 4. The molecule has 0 spiro atoms. The van der Waals surface area contributed by atoms with Gasteiger partial charge in [-0.1, -0.05) is 48.5 Å². The fourth-order valence-electron chi connectivity index (χ4n) is 5.71. The number of imide groups is 1. The highest BCUT2D eigenvalue weighted by Gasteiger charge is 2.82. The van der Waals surface area contributed by atoms with E-state index in [2.05, 4.69) is 31.9 Å². The Balaban J connectivity index is 1.70. The summed E-state index contributed by atoms with van der Waals surface area (Å²) in [6.07, 6.45) is -7.15. The van der Waals surface area contributed by atoms with Crippen LogP contribution in [0.4, 0.5) is 65.4 Å². The van der Waals surface area contributed by atoms with Crippen molar-refractivity contribution >= 4 is 72.6 Å². The Labute approximate surface area is 349 Å². The molecular weight excluding hydrogens is 955 g/mol. The molecule has 0 saturated heterocycles. The molecule has 0 radical (unpaired) electrons. The highest BCUT2D eigenvalue weighted by molar-refractivity contribution is 9.11. The number of amides is 4. The van der Waals surface area contributed by atoms with Crippen LogP contribution in [-0.2, 0) is 5.92 Å². The molecule has 314 valence electrons. The van der Waals surface area contributed by atoms with Crippen molar-refractivity contribution in [1.82, 2.24) is 0 Å². The number of alkyl halides is 9. The van der Waals surface area contributed by atoms with Crippen LogP contribution in [0.15, 0.2) is 118 Å². The van der Waals surface area contributed by atoms with Gasteiger partial charge in [0.25, 0.3) is 23.6 Å². The molecule has 5 aromatic rings. The normalized spacial score (nSPS) is 12.2. The van der Waals surface area contributed by atoms with E-state index in [9.17, 15) is 49.9 Å². The summed E-state index contributed by atoms with van der Waals surface area (Å²) in [5, 5.41) is 0. The zero-order chi connectivity index (χ0) is 44.7. The van der Waals surface area contributed by atoms with Crippen LogP contribution in [0.5, 0.6) is 0 Å². The predicted octanol–water partition coefficient (Wildman–Crippen LogP) is 11.5. The van der Waals surface area contributed by atoms with Crippen molar-refractivity contribution in [3.63, 3.8) is 0 Å². The lowest BCUT2D eigenvalue weighted by Gasteiger charge is -2.34. The second kappa shape index (κ2) is 16.8. The van der Waals surface area contributed by atoms with E-state index in [0.29, 0.717) is 0 Å². The number of hydrogen-bond acceptors (Lipinski definition) is 4. The quantitative estimate of drug-likeness (QED) is 0.103. The van der Waals surface area contributed by atoms with Gasteiger partial charge in [0.2, 0.25) is 0 Å². The number of nitrogens with zero attached hydrogens (tertiary/aromatic N) is 3. The molecule has 0 heterocycles. The number of hydrogen-bond donors (Lipinski definition) is 0. The Morgan fingerprint density at radius 3 is 1.22 bits per heavy atom. The summed E-state index contributed by atoms with van der Waals surface area (Å²) < 4.78 is 156. The van der Waals surface area contributed by atoms with Crippen molar-refractivity contribution in [2.75, 3.05) is 28.8 Å². The van der Waals surface area contributed by atoms with E-state index < -0.39 is 102 Å². The molecule has 0 bridgehead atoms. The molecule has 4 amide bonds. The van der Waals surface area contributed by atoms with Gasteiger partial charge in [-0.25, -0.2) is 13.7 Å². The van der Waals surface area contributed by atoms with Gasteiger partial charge in [-0.2, -0.15) is 39.5 Å². The largest absolute Gasteiger partial charge is 0.460 e. The molecule has 5 aromatic carbocycles. The van der Waals surface area contributed by atoms with Crippen LogP contribution in [0.25, 0.3) is 0 Å². The van der Waals surface area contributed by atoms with Crippen LogP contribution in [0.2, 0.25) is 0 Å². The third kappa shape index (κ3) is 8.01. The average Bonchev–Trinajstić information content (AvgIpc) is 3.20. The molecule has 20 heteroatoms. The van der Waals surface area contributed by atoms with Gasteiger partial charge in [0.1, 0.15) is 0 Å². The Morgan fingerprint density at radius 2 is 0.867 bits per heavy atom. The summed E-state index contributed by atoms with van der Waals surface area (Å²) in [5.74, 6) is -28.7. The molecule has 0 aliphatic heterocycles. The lowest BCUT2D eigenvalue weighted by atomic mass is 9.96. The van der Waals surface area contributed by atoms with Crippen molar-refractivity contribution in [3.8, 4) is 0 Å². The molecule has 0 saturated carbocycles. The highest BCUT2D eigenvalue weighted by atomic mass is 79.9. The summed E-state index contributed by atoms with van der Waals surface area (Å²) in [5.41, 5.74) is -6.23. The first kappa shape index (κ1) is 45.5. The minimum atomic E-state index is -7.28. The fourth-order valence-corrected chi connectivity index (χ4v) is 7.25. The summed E-state index contributed by atoms with van der Waals surface area (Å²) in [6, 6.07) is 20.4. The Morgan fingerprint density at radius 1 is 0.500 bits per heavy atom. The van der Waals surface area contributed by atoms with Crippen molar-refractivity contribution < 1.29 is 67.5 Å². The molecule has 0 aliphatic rings. The molecule has 0 unspecified atom stereocenters. The topological polar surface area (TPSA) is 78.0 Å². The summed E-state index contributed by atoms with van der Waals surface area (Å²) in [7, 11) is 2.26. The van der Waals surface area contributed by atoms with Crippen molar-refractivity contribution in [2.45, 2.75) is 23.9 Å². The second-order valence-corrected chi connectivity index (χ2v) is 14.4. The smallest absolute Gasteiger partial charge is 0.309 e. The van der Waals surface area contributed by atoms with E-state index in [1.165, 1.54) is 48.5 Å². The zero-order valence-electron chi connectivity index (χ0n) is 30.3. The summed E-state index contributed by atoms with van der Waals surface area (Å²) >= 11 is 5.35. The lowest BCUT2D eigenvalue weighted by Crippen LogP contribution is -2.59. The van der Waals surface area contributed by atoms with Gasteiger partial charge >= 0.3 is 23.9 Å². The highest BCUT2D eigenvalue weighted by Crippen LogP contribution is 2.57. The maximum Gasteiger partial charge on any atom is 0.460 e. The summed E-state index contributed by atoms with van der Waals surface area (Å²) in [4.78, 5) is 56.8. The molecule has 0 fully saturated rings. The Bertz CT molecular complexity index is 2350. The van der Waals surface area contributed by atoms with E-state index in [1.54, 1.807) is 12.1 Å². The molecule has 60 heavy (non-hydrogen) atoms. The molecule has 5 rings (SSSR count).